The Morgan fingerprint density at radius 2 is 2.07 bits per heavy atom. The van der Waals surface area contributed by atoms with Crippen LogP contribution in [0.4, 0.5) is 10.5 Å². The minimum Gasteiger partial charge on any atom is -0.423 e. The number of urea groups is 1. The number of likely N-dealkylation sites (tertiary alicyclic amines) is 1. The summed E-state index contributed by atoms with van der Waals surface area (Å²) in [6, 6.07) is 5.19. The number of piperidine rings is 1. The van der Waals surface area contributed by atoms with Crippen molar-refractivity contribution >= 4 is 23.3 Å². The van der Waals surface area contributed by atoms with Gasteiger partial charge in [-0.15, -0.1) is 10.2 Å². The summed E-state index contributed by atoms with van der Waals surface area (Å²) in [6.45, 7) is 3.96. The number of aromatic nitrogens is 5. The van der Waals surface area contributed by atoms with E-state index in [1.54, 1.807) is 37.5 Å². The quantitative estimate of drug-likeness (QED) is 0.704. The van der Waals surface area contributed by atoms with Gasteiger partial charge in [0, 0.05) is 25.1 Å². The molecule has 150 valence electrons. The van der Waals surface area contributed by atoms with Crippen LogP contribution in [0, 0.1) is 12.8 Å². The molecular weight excluding hydrogens is 394 g/mol. The topological polar surface area (TPSA) is 102 Å². The van der Waals surface area contributed by atoms with Crippen molar-refractivity contribution in [2.45, 2.75) is 44.7 Å². The molecule has 3 heterocycles. The molecule has 1 N–H and O–H groups in total. The number of halogens is 1. The van der Waals surface area contributed by atoms with Crippen LogP contribution in [0.3, 0.4) is 0 Å². The molecule has 1 aliphatic carbocycles. The molecule has 29 heavy (non-hydrogen) atoms. The average Bonchev–Trinajstić information content (AvgIpc) is 3.34. The molecule has 3 aromatic rings. The van der Waals surface area contributed by atoms with Crippen molar-refractivity contribution in [1.82, 2.24) is 30.1 Å². The molecule has 0 spiro atoms. The van der Waals surface area contributed by atoms with E-state index < -0.39 is 5.54 Å². The number of benzene rings is 1. The smallest absolute Gasteiger partial charge is 0.323 e. The summed E-state index contributed by atoms with van der Waals surface area (Å²) in [6.07, 6.45) is 5.75. The van der Waals surface area contributed by atoms with Crippen molar-refractivity contribution in [3.8, 4) is 5.69 Å². The van der Waals surface area contributed by atoms with Gasteiger partial charge in [-0.25, -0.2) is 4.79 Å². The highest BCUT2D eigenvalue weighted by atomic mass is 35.5. The van der Waals surface area contributed by atoms with Crippen molar-refractivity contribution in [3.63, 3.8) is 0 Å². The molecule has 5 rings (SSSR count). The molecule has 0 unspecified atom stereocenters. The third-order valence-corrected chi connectivity index (χ3v) is 6.05. The lowest BCUT2D eigenvalue weighted by Crippen LogP contribution is -2.70. The Morgan fingerprint density at radius 1 is 1.28 bits per heavy atom. The molecule has 2 fully saturated rings. The van der Waals surface area contributed by atoms with Crippen molar-refractivity contribution in [2.75, 3.05) is 5.32 Å². The Kier molecular flexibility index (Phi) is 4.09. The van der Waals surface area contributed by atoms with Crippen molar-refractivity contribution in [2.24, 2.45) is 5.92 Å². The van der Waals surface area contributed by atoms with Gasteiger partial charge in [-0.1, -0.05) is 18.5 Å². The predicted molar refractivity (Wildman–Crippen MR) is 105 cm³/mol. The number of fused-ring (bicyclic) bond motifs is 2. The predicted octanol–water partition coefficient (Wildman–Crippen LogP) is 3.54. The monoisotopic (exact) mass is 413 g/mol. The first kappa shape index (κ1) is 18.1. The second-order valence-corrected chi connectivity index (χ2v) is 8.25. The second kappa shape index (κ2) is 6.55. The maximum Gasteiger partial charge on any atom is 0.323 e. The highest BCUT2D eigenvalue weighted by molar-refractivity contribution is 6.32. The molecule has 2 aliphatic rings. The van der Waals surface area contributed by atoms with E-state index in [4.69, 9.17) is 16.0 Å². The minimum atomic E-state index is -0.535. The fraction of sp³-hybridized carbons (Fsp3) is 0.421. The van der Waals surface area contributed by atoms with Gasteiger partial charge in [-0.05, 0) is 37.0 Å². The van der Waals surface area contributed by atoms with Gasteiger partial charge >= 0.3 is 6.03 Å². The molecule has 1 saturated carbocycles. The highest BCUT2D eigenvalue weighted by Gasteiger charge is 2.62. The van der Waals surface area contributed by atoms with E-state index in [0.29, 0.717) is 34.1 Å². The Bertz CT molecular complexity index is 1070. The minimum absolute atomic E-state index is 0.158. The van der Waals surface area contributed by atoms with Gasteiger partial charge in [0.05, 0.1) is 17.4 Å². The van der Waals surface area contributed by atoms with Crippen LogP contribution in [0.2, 0.25) is 5.02 Å². The number of anilines is 1. The van der Waals surface area contributed by atoms with Crippen LogP contribution in [0.1, 0.15) is 38.0 Å². The van der Waals surface area contributed by atoms with E-state index >= 15 is 0 Å². The maximum atomic E-state index is 13.2. The molecule has 1 aliphatic heterocycles. The van der Waals surface area contributed by atoms with Crippen LogP contribution in [0.5, 0.6) is 0 Å². The molecule has 3 atom stereocenters. The lowest BCUT2D eigenvalue weighted by molar-refractivity contribution is -0.110. The molecule has 9 nitrogen and oxygen atoms in total. The zero-order valence-corrected chi connectivity index (χ0v) is 16.8. The van der Waals surface area contributed by atoms with Gasteiger partial charge < -0.3 is 14.6 Å². The standard InChI is InChI=1S/C19H20ClN7O2/c1-11-7-14-10-19(9-11,17-25-24-12(2)29-17)26(14)18(28)23-13-3-4-15(20)16(8-13)27-21-5-6-22-27/h3-6,8,11,14H,7,9-10H2,1-2H3,(H,23,28)/t11-,14-,19+/m1/s1. The van der Waals surface area contributed by atoms with Crippen molar-refractivity contribution < 1.29 is 9.21 Å². The van der Waals surface area contributed by atoms with Gasteiger partial charge in [-0.3, -0.25) is 0 Å². The number of nitrogens with zero attached hydrogens (tertiary/aromatic N) is 6. The first-order valence-electron chi connectivity index (χ1n) is 9.53. The Labute approximate surface area is 172 Å². The summed E-state index contributed by atoms with van der Waals surface area (Å²) in [5, 5.41) is 19.9. The summed E-state index contributed by atoms with van der Waals surface area (Å²) >= 11 is 6.27. The van der Waals surface area contributed by atoms with Crippen LogP contribution in [0.25, 0.3) is 5.69 Å². The van der Waals surface area contributed by atoms with Crippen LogP contribution in [-0.4, -0.2) is 42.2 Å². The average molecular weight is 414 g/mol. The molecule has 10 heteroatoms. The summed E-state index contributed by atoms with van der Waals surface area (Å²) < 4.78 is 5.75. The largest absolute Gasteiger partial charge is 0.423 e. The summed E-state index contributed by atoms with van der Waals surface area (Å²) in [5.41, 5.74) is 0.669. The maximum absolute atomic E-state index is 13.2. The van der Waals surface area contributed by atoms with Crippen molar-refractivity contribution in [1.29, 1.82) is 0 Å². The summed E-state index contributed by atoms with van der Waals surface area (Å²) in [7, 11) is 0. The van der Waals surface area contributed by atoms with Gasteiger partial charge in [0.25, 0.3) is 0 Å². The van der Waals surface area contributed by atoms with Gasteiger partial charge in [-0.2, -0.15) is 15.0 Å². The molecular formula is C19H20ClN7O2. The number of rotatable bonds is 3. The SMILES string of the molecule is Cc1nnc([C@]23C[C@H](C)C[C@H](C2)N3C(=O)Nc2ccc(Cl)c(-n3nccn3)c2)o1. The lowest BCUT2D eigenvalue weighted by Gasteiger charge is -2.61. The second-order valence-electron chi connectivity index (χ2n) is 7.85. The van der Waals surface area contributed by atoms with Crippen molar-refractivity contribution in [3.05, 3.63) is 47.4 Å². The summed E-state index contributed by atoms with van der Waals surface area (Å²) in [4.78, 5) is 16.5. The third-order valence-electron chi connectivity index (χ3n) is 5.73. The number of hydrogen-bond donors (Lipinski definition) is 1. The Balaban J connectivity index is 1.43. The van der Waals surface area contributed by atoms with Gasteiger partial charge in [0.15, 0.2) is 0 Å². The highest BCUT2D eigenvalue weighted by Crippen LogP contribution is 2.55. The lowest BCUT2D eigenvalue weighted by atomic mass is 9.64. The van der Waals surface area contributed by atoms with E-state index in [1.807, 2.05) is 4.90 Å². The number of nitrogens with one attached hydrogen (secondary N) is 1. The zero-order chi connectivity index (χ0) is 20.2. The van der Waals surface area contributed by atoms with E-state index in [-0.39, 0.29) is 12.1 Å². The normalized spacial score (nSPS) is 25.6. The van der Waals surface area contributed by atoms with Crippen LogP contribution >= 0.6 is 11.6 Å². The molecule has 0 radical (unpaired) electrons. The fourth-order valence-electron chi connectivity index (χ4n) is 4.70. The Morgan fingerprint density at radius 3 is 2.79 bits per heavy atom. The molecule has 1 aromatic carbocycles. The fourth-order valence-corrected chi connectivity index (χ4v) is 4.89. The molecule has 2 amide bonds. The van der Waals surface area contributed by atoms with Gasteiger partial charge in [0.2, 0.25) is 11.8 Å². The van der Waals surface area contributed by atoms with E-state index in [2.05, 4.69) is 32.6 Å². The number of carbonyl (C=O) groups is 1. The van der Waals surface area contributed by atoms with E-state index in [0.717, 1.165) is 19.3 Å². The molecule has 2 aromatic heterocycles. The van der Waals surface area contributed by atoms with Crippen LogP contribution in [0.15, 0.2) is 35.0 Å². The van der Waals surface area contributed by atoms with Gasteiger partial charge in [0.1, 0.15) is 11.2 Å². The zero-order valence-electron chi connectivity index (χ0n) is 16.0. The number of aryl methyl sites for hydroxylation is 1. The number of carbonyl (C=O) groups excluding carboxylic acids is 1. The number of amides is 2. The number of hydrogen-bond acceptors (Lipinski definition) is 6. The van der Waals surface area contributed by atoms with E-state index in [1.165, 1.54) is 4.80 Å². The first-order valence-corrected chi connectivity index (χ1v) is 9.91. The Hall–Kier alpha value is -2.94. The third kappa shape index (κ3) is 2.88. The molecule has 1 saturated heterocycles. The van der Waals surface area contributed by atoms with Crippen LogP contribution in [-0.2, 0) is 5.54 Å². The summed E-state index contributed by atoms with van der Waals surface area (Å²) in [5.74, 6) is 1.51. The van der Waals surface area contributed by atoms with Crippen LogP contribution < -0.4 is 5.32 Å². The first-order chi connectivity index (χ1) is 14.0. The van der Waals surface area contributed by atoms with E-state index in [9.17, 15) is 4.79 Å². The molecule has 2 bridgehead atoms.